The molecule has 0 bridgehead atoms. The summed E-state index contributed by atoms with van der Waals surface area (Å²) in [5.41, 5.74) is 0.629. The Morgan fingerprint density at radius 3 is 2.89 bits per heavy atom. The van der Waals surface area contributed by atoms with Gasteiger partial charge in [0.25, 0.3) is 0 Å². The molecular weight excluding hydrogens is 240 g/mol. The monoisotopic (exact) mass is 254 g/mol. The zero-order valence-electron chi connectivity index (χ0n) is 10.6. The minimum atomic E-state index is -0.0561. The van der Waals surface area contributed by atoms with Crippen LogP contribution < -0.4 is 10.6 Å². The molecule has 2 rings (SSSR count). The van der Waals surface area contributed by atoms with E-state index >= 15 is 0 Å². The molecule has 5 nitrogen and oxygen atoms in total. The van der Waals surface area contributed by atoms with E-state index in [9.17, 15) is 4.79 Å². The van der Waals surface area contributed by atoms with E-state index in [-0.39, 0.29) is 5.91 Å². The average molecular weight is 254 g/mol. The Bertz CT molecular complexity index is 645. The molecule has 1 amide bonds. The molecule has 0 aliphatic carbocycles. The van der Waals surface area contributed by atoms with Crippen molar-refractivity contribution < 1.29 is 4.79 Å². The number of carbonyl (C=O) groups excluding carboxylic acids is 1. The van der Waals surface area contributed by atoms with Crippen molar-refractivity contribution in [2.45, 2.75) is 6.92 Å². The SMILES string of the molecule is CC(=O)NCCNc1nccc2c(C#N)cccc12. The number of hydrogen-bond acceptors (Lipinski definition) is 4. The quantitative estimate of drug-likeness (QED) is 0.813. The van der Waals surface area contributed by atoms with Crippen molar-refractivity contribution in [3.8, 4) is 6.07 Å². The molecule has 0 aliphatic heterocycles. The molecule has 96 valence electrons. The standard InChI is InChI=1S/C14H14N4O/c1-10(19)16-7-8-18-14-13-4-2-3-11(9-15)12(13)5-6-17-14/h2-6H,7-8H2,1H3,(H,16,19)(H,17,18). The van der Waals surface area contributed by atoms with Gasteiger partial charge in [0.15, 0.2) is 0 Å². The van der Waals surface area contributed by atoms with E-state index in [4.69, 9.17) is 5.26 Å². The van der Waals surface area contributed by atoms with Gasteiger partial charge in [-0.2, -0.15) is 5.26 Å². The summed E-state index contributed by atoms with van der Waals surface area (Å²) in [5, 5.41) is 16.7. The molecular formula is C14H14N4O. The van der Waals surface area contributed by atoms with Crippen LogP contribution in [0, 0.1) is 11.3 Å². The zero-order valence-corrected chi connectivity index (χ0v) is 10.6. The Labute approximate surface area is 111 Å². The number of anilines is 1. The third-order valence-electron chi connectivity index (χ3n) is 2.72. The predicted molar refractivity (Wildman–Crippen MR) is 73.6 cm³/mol. The Morgan fingerprint density at radius 2 is 2.16 bits per heavy atom. The van der Waals surface area contributed by atoms with Crippen LogP contribution in [-0.2, 0) is 4.79 Å². The van der Waals surface area contributed by atoms with Crippen molar-refractivity contribution in [3.05, 3.63) is 36.0 Å². The molecule has 0 fully saturated rings. The van der Waals surface area contributed by atoms with Gasteiger partial charge in [-0.15, -0.1) is 0 Å². The lowest BCUT2D eigenvalue weighted by Gasteiger charge is -2.09. The largest absolute Gasteiger partial charge is 0.368 e. The molecule has 0 atom stereocenters. The first kappa shape index (κ1) is 12.8. The number of carbonyl (C=O) groups is 1. The van der Waals surface area contributed by atoms with Gasteiger partial charge in [0.05, 0.1) is 11.6 Å². The summed E-state index contributed by atoms with van der Waals surface area (Å²) < 4.78 is 0. The Hall–Kier alpha value is -2.61. The first-order valence-corrected chi connectivity index (χ1v) is 5.98. The summed E-state index contributed by atoms with van der Waals surface area (Å²) in [6.07, 6.45) is 1.67. The highest BCUT2D eigenvalue weighted by molar-refractivity contribution is 5.95. The number of pyridine rings is 1. The molecule has 0 aliphatic rings. The Balaban J connectivity index is 2.20. The molecule has 0 spiro atoms. The summed E-state index contributed by atoms with van der Waals surface area (Å²) in [6.45, 7) is 2.60. The summed E-state index contributed by atoms with van der Waals surface area (Å²) in [5.74, 6) is 0.666. The van der Waals surface area contributed by atoms with Crippen LogP contribution in [0.1, 0.15) is 12.5 Å². The first-order chi connectivity index (χ1) is 9.22. The zero-order chi connectivity index (χ0) is 13.7. The fourth-order valence-electron chi connectivity index (χ4n) is 1.86. The molecule has 1 aromatic carbocycles. The van der Waals surface area contributed by atoms with Crippen LogP contribution >= 0.6 is 0 Å². The molecule has 0 saturated heterocycles. The molecule has 19 heavy (non-hydrogen) atoms. The number of aromatic nitrogens is 1. The number of hydrogen-bond donors (Lipinski definition) is 2. The van der Waals surface area contributed by atoms with Gasteiger partial charge in [-0.05, 0) is 12.1 Å². The maximum absolute atomic E-state index is 10.8. The van der Waals surface area contributed by atoms with Gasteiger partial charge in [-0.3, -0.25) is 4.79 Å². The molecule has 0 radical (unpaired) electrons. The number of nitriles is 1. The first-order valence-electron chi connectivity index (χ1n) is 5.98. The van der Waals surface area contributed by atoms with E-state index in [0.717, 1.165) is 16.6 Å². The maximum atomic E-state index is 10.8. The van der Waals surface area contributed by atoms with Gasteiger partial charge >= 0.3 is 0 Å². The highest BCUT2D eigenvalue weighted by Crippen LogP contribution is 2.23. The van der Waals surface area contributed by atoms with Gasteiger partial charge in [0, 0.05) is 37.0 Å². The lowest BCUT2D eigenvalue weighted by Crippen LogP contribution is -2.26. The number of fused-ring (bicyclic) bond motifs is 1. The van der Waals surface area contributed by atoms with Crippen molar-refractivity contribution in [1.29, 1.82) is 5.26 Å². The predicted octanol–water partition coefficient (Wildman–Crippen LogP) is 1.65. The number of amides is 1. The van der Waals surface area contributed by atoms with Crippen LogP contribution in [0.4, 0.5) is 5.82 Å². The number of rotatable bonds is 4. The minimum Gasteiger partial charge on any atom is -0.368 e. The van der Waals surface area contributed by atoms with E-state index in [2.05, 4.69) is 21.7 Å². The van der Waals surface area contributed by atoms with Crippen molar-refractivity contribution in [2.24, 2.45) is 0 Å². The van der Waals surface area contributed by atoms with Gasteiger partial charge in [0.1, 0.15) is 5.82 Å². The average Bonchev–Trinajstić information content (AvgIpc) is 2.42. The number of nitrogens with one attached hydrogen (secondary N) is 2. The third-order valence-corrected chi connectivity index (χ3v) is 2.72. The van der Waals surface area contributed by atoms with Crippen LogP contribution in [-0.4, -0.2) is 24.0 Å². The van der Waals surface area contributed by atoms with Crippen LogP contribution in [0.15, 0.2) is 30.5 Å². The van der Waals surface area contributed by atoms with Gasteiger partial charge in [0.2, 0.25) is 5.91 Å². The molecule has 1 heterocycles. The van der Waals surface area contributed by atoms with E-state index < -0.39 is 0 Å². The van der Waals surface area contributed by atoms with Crippen LogP contribution in [0.3, 0.4) is 0 Å². The molecule has 2 aromatic rings. The van der Waals surface area contributed by atoms with E-state index in [1.165, 1.54) is 6.92 Å². The normalized spacial score (nSPS) is 9.89. The second-order valence-corrected chi connectivity index (χ2v) is 4.08. The fraction of sp³-hybridized carbons (Fsp3) is 0.214. The Kier molecular flexibility index (Phi) is 3.94. The van der Waals surface area contributed by atoms with E-state index in [0.29, 0.717) is 18.7 Å². The van der Waals surface area contributed by atoms with Gasteiger partial charge < -0.3 is 10.6 Å². The van der Waals surface area contributed by atoms with Crippen molar-refractivity contribution >= 4 is 22.5 Å². The Morgan fingerprint density at radius 1 is 1.32 bits per heavy atom. The lowest BCUT2D eigenvalue weighted by molar-refractivity contribution is -0.118. The number of benzene rings is 1. The summed E-state index contributed by atoms with van der Waals surface area (Å²) in [6, 6.07) is 9.53. The smallest absolute Gasteiger partial charge is 0.216 e. The topological polar surface area (TPSA) is 77.8 Å². The maximum Gasteiger partial charge on any atom is 0.216 e. The van der Waals surface area contributed by atoms with Crippen molar-refractivity contribution in [2.75, 3.05) is 18.4 Å². The number of nitrogens with zero attached hydrogens (tertiary/aromatic N) is 2. The van der Waals surface area contributed by atoms with Crippen LogP contribution in [0.25, 0.3) is 10.8 Å². The van der Waals surface area contributed by atoms with Gasteiger partial charge in [-0.1, -0.05) is 12.1 Å². The van der Waals surface area contributed by atoms with Crippen molar-refractivity contribution in [1.82, 2.24) is 10.3 Å². The molecule has 5 heteroatoms. The summed E-state index contributed by atoms with van der Waals surface area (Å²) >= 11 is 0. The summed E-state index contributed by atoms with van der Waals surface area (Å²) in [7, 11) is 0. The molecule has 0 unspecified atom stereocenters. The third kappa shape index (κ3) is 2.99. The molecule has 2 N–H and O–H groups in total. The lowest BCUT2D eigenvalue weighted by atomic mass is 10.1. The second-order valence-electron chi connectivity index (χ2n) is 4.08. The molecule has 0 saturated carbocycles. The van der Waals surface area contributed by atoms with Crippen molar-refractivity contribution in [3.63, 3.8) is 0 Å². The highest BCUT2D eigenvalue weighted by Gasteiger charge is 2.05. The van der Waals surface area contributed by atoms with Crippen LogP contribution in [0.5, 0.6) is 0 Å². The van der Waals surface area contributed by atoms with Gasteiger partial charge in [-0.25, -0.2) is 4.98 Å². The minimum absolute atomic E-state index is 0.0561. The highest BCUT2D eigenvalue weighted by atomic mass is 16.1. The second kappa shape index (κ2) is 5.83. The van der Waals surface area contributed by atoms with E-state index in [1.54, 1.807) is 12.3 Å². The fourth-order valence-corrected chi connectivity index (χ4v) is 1.86. The summed E-state index contributed by atoms with van der Waals surface area (Å²) in [4.78, 5) is 15.0. The molecule has 1 aromatic heterocycles. The van der Waals surface area contributed by atoms with E-state index in [1.807, 2.05) is 18.2 Å². The van der Waals surface area contributed by atoms with Crippen LogP contribution in [0.2, 0.25) is 0 Å².